The van der Waals surface area contributed by atoms with Crippen LogP contribution in [0, 0.1) is 6.92 Å². The van der Waals surface area contributed by atoms with E-state index in [0.29, 0.717) is 12.2 Å². The van der Waals surface area contributed by atoms with Gasteiger partial charge in [0.05, 0.1) is 18.2 Å². The number of hydrogen-bond donors (Lipinski definition) is 1. The number of thiophene rings is 1. The lowest BCUT2D eigenvalue weighted by molar-refractivity contribution is -0.134. The second-order valence-electron chi connectivity index (χ2n) is 4.39. The first kappa shape index (κ1) is 11.3. The molecule has 0 radical (unpaired) electrons. The summed E-state index contributed by atoms with van der Waals surface area (Å²) in [5, 5.41) is 5.40. The van der Waals surface area contributed by atoms with Gasteiger partial charge in [-0.1, -0.05) is 12.1 Å². The normalized spacial score (nSPS) is 18.5. The van der Waals surface area contributed by atoms with Crippen molar-refractivity contribution in [3.05, 3.63) is 46.2 Å². The lowest BCUT2D eigenvalue weighted by atomic mass is 10.1. The molecule has 18 heavy (non-hydrogen) atoms. The Hall–Kier alpha value is -1.81. The molecule has 0 amide bonds. The summed E-state index contributed by atoms with van der Waals surface area (Å²) in [5.41, 5.74) is 1.96. The topological polar surface area (TPSA) is 38.3 Å². The minimum atomic E-state index is -0.190. The maximum atomic E-state index is 11.8. The van der Waals surface area contributed by atoms with E-state index in [-0.39, 0.29) is 12.0 Å². The van der Waals surface area contributed by atoms with Crippen LogP contribution in [0.5, 0.6) is 5.75 Å². The molecule has 0 bridgehead atoms. The Morgan fingerprint density at radius 3 is 3.06 bits per heavy atom. The minimum Gasteiger partial charge on any atom is -0.424 e. The van der Waals surface area contributed by atoms with Crippen molar-refractivity contribution in [2.24, 2.45) is 0 Å². The zero-order valence-electron chi connectivity index (χ0n) is 9.97. The van der Waals surface area contributed by atoms with E-state index in [1.807, 2.05) is 42.6 Å². The molecule has 4 heteroatoms. The molecule has 3 nitrogen and oxygen atoms in total. The van der Waals surface area contributed by atoms with Gasteiger partial charge in [0.1, 0.15) is 0 Å². The number of rotatable bonds is 1. The van der Waals surface area contributed by atoms with E-state index in [1.54, 1.807) is 11.3 Å². The molecule has 1 aromatic heterocycles. The number of benzene rings is 1. The summed E-state index contributed by atoms with van der Waals surface area (Å²) in [4.78, 5) is 13.0. The monoisotopic (exact) mass is 259 g/mol. The highest BCUT2D eigenvalue weighted by atomic mass is 32.1. The summed E-state index contributed by atoms with van der Waals surface area (Å²) in [6.07, 6.45) is 0.355. The van der Waals surface area contributed by atoms with E-state index < -0.39 is 0 Å². The molecule has 1 aliphatic heterocycles. The summed E-state index contributed by atoms with van der Waals surface area (Å²) >= 11 is 1.65. The molecule has 1 atom stereocenters. The standard InChI is InChI=1S/C14H13NO2S/c1-9-4-5-10-12(7-9)17-14(16)8-11(15-10)13-3-2-6-18-13/h2-7,11,15H,8H2,1H3. The first-order valence-corrected chi connectivity index (χ1v) is 6.71. The Morgan fingerprint density at radius 2 is 2.28 bits per heavy atom. The number of carbonyl (C=O) groups is 1. The van der Waals surface area contributed by atoms with E-state index in [2.05, 4.69) is 5.32 Å². The fraction of sp³-hybridized carbons (Fsp3) is 0.214. The third kappa shape index (κ3) is 2.11. The highest BCUT2D eigenvalue weighted by Crippen LogP contribution is 2.35. The summed E-state index contributed by atoms with van der Waals surface area (Å²) in [6.45, 7) is 1.98. The van der Waals surface area contributed by atoms with Gasteiger partial charge >= 0.3 is 5.97 Å². The maximum Gasteiger partial charge on any atom is 0.313 e. The van der Waals surface area contributed by atoms with Gasteiger partial charge in [0, 0.05) is 4.88 Å². The molecule has 2 heterocycles. The van der Waals surface area contributed by atoms with E-state index in [0.717, 1.165) is 16.1 Å². The molecule has 0 aliphatic carbocycles. The Kier molecular flexibility index (Phi) is 2.80. The largest absolute Gasteiger partial charge is 0.424 e. The SMILES string of the molecule is Cc1ccc2c(c1)OC(=O)CC(c1cccs1)N2. The van der Waals surface area contributed by atoms with Crippen molar-refractivity contribution in [3.63, 3.8) is 0 Å². The second-order valence-corrected chi connectivity index (χ2v) is 5.37. The molecule has 1 N–H and O–H groups in total. The van der Waals surface area contributed by atoms with Gasteiger partial charge in [0.25, 0.3) is 0 Å². The number of carbonyl (C=O) groups excluding carboxylic acids is 1. The summed E-state index contributed by atoms with van der Waals surface area (Å²) in [7, 11) is 0. The number of fused-ring (bicyclic) bond motifs is 1. The van der Waals surface area contributed by atoms with Crippen LogP contribution >= 0.6 is 11.3 Å². The lowest BCUT2D eigenvalue weighted by Crippen LogP contribution is -2.13. The van der Waals surface area contributed by atoms with Gasteiger partial charge in [-0.2, -0.15) is 0 Å². The predicted molar refractivity (Wildman–Crippen MR) is 72.1 cm³/mol. The van der Waals surface area contributed by atoms with E-state index in [1.165, 1.54) is 0 Å². The molecule has 0 saturated heterocycles. The fourth-order valence-corrected chi connectivity index (χ4v) is 2.84. The molecule has 1 unspecified atom stereocenters. The third-order valence-corrected chi connectivity index (χ3v) is 3.93. The quantitative estimate of drug-likeness (QED) is 0.629. The second kappa shape index (κ2) is 4.46. The van der Waals surface area contributed by atoms with E-state index in [4.69, 9.17) is 4.74 Å². The fourth-order valence-electron chi connectivity index (χ4n) is 2.06. The number of hydrogen-bond acceptors (Lipinski definition) is 4. The summed E-state index contributed by atoms with van der Waals surface area (Å²) in [6, 6.07) is 9.89. The van der Waals surface area contributed by atoms with Crippen molar-refractivity contribution in [1.29, 1.82) is 0 Å². The van der Waals surface area contributed by atoms with E-state index >= 15 is 0 Å². The summed E-state index contributed by atoms with van der Waals surface area (Å²) in [5.74, 6) is 0.435. The van der Waals surface area contributed by atoms with Crippen molar-refractivity contribution < 1.29 is 9.53 Å². The molecule has 0 fully saturated rings. The number of esters is 1. The smallest absolute Gasteiger partial charge is 0.313 e. The van der Waals surface area contributed by atoms with Crippen LogP contribution in [0.4, 0.5) is 5.69 Å². The van der Waals surface area contributed by atoms with Gasteiger partial charge in [-0.3, -0.25) is 4.79 Å². The number of aryl methyl sites for hydroxylation is 1. The highest BCUT2D eigenvalue weighted by molar-refractivity contribution is 7.10. The molecule has 0 saturated carbocycles. The van der Waals surface area contributed by atoms with Gasteiger partial charge < -0.3 is 10.1 Å². The van der Waals surface area contributed by atoms with Gasteiger partial charge in [-0.05, 0) is 36.1 Å². The molecule has 3 rings (SSSR count). The van der Waals surface area contributed by atoms with Gasteiger partial charge in [0.2, 0.25) is 0 Å². The van der Waals surface area contributed by atoms with Crippen LogP contribution in [-0.2, 0) is 4.79 Å². The third-order valence-electron chi connectivity index (χ3n) is 2.95. The molecular weight excluding hydrogens is 246 g/mol. The minimum absolute atomic E-state index is 0.00135. The molecular formula is C14H13NO2S. The van der Waals surface area contributed by atoms with Crippen molar-refractivity contribution >= 4 is 23.0 Å². The first-order chi connectivity index (χ1) is 8.72. The molecule has 2 aromatic rings. The Morgan fingerprint density at radius 1 is 1.39 bits per heavy atom. The van der Waals surface area contributed by atoms with Crippen LogP contribution in [0.25, 0.3) is 0 Å². The van der Waals surface area contributed by atoms with Gasteiger partial charge in [0.15, 0.2) is 5.75 Å². The zero-order chi connectivity index (χ0) is 12.5. The van der Waals surface area contributed by atoms with Crippen LogP contribution in [0.3, 0.4) is 0 Å². The van der Waals surface area contributed by atoms with E-state index in [9.17, 15) is 4.79 Å². The average molecular weight is 259 g/mol. The lowest BCUT2D eigenvalue weighted by Gasteiger charge is -2.14. The van der Waals surface area contributed by atoms with Crippen LogP contribution < -0.4 is 10.1 Å². The van der Waals surface area contributed by atoms with Crippen molar-refractivity contribution in [2.45, 2.75) is 19.4 Å². The first-order valence-electron chi connectivity index (χ1n) is 5.83. The van der Waals surface area contributed by atoms with Crippen molar-refractivity contribution in [2.75, 3.05) is 5.32 Å². The number of nitrogens with one attached hydrogen (secondary N) is 1. The Bertz CT molecular complexity index is 577. The molecule has 1 aliphatic rings. The highest BCUT2D eigenvalue weighted by Gasteiger charge is 2.24. The molecule has 0 spiro atoms. The predicted octanol–water partition coefficient (Wildman–Crippen LogP) is 3.52. The van der Waals surface area contributed by atoms with Crippen LogP contribution in [0.15, 0.2) is 35.7 Å². The van der Waals surface area contributed by atoms with Crippen LogP contribution in [0.2, 0.25) is 0 Å². The maximum absolute atomic E-state index is 11.8. The number of ether oxygens (including phenoxy) is 1. The van der Waals surface area contributed by atoms with Gasteiger partial charge in [-0.15, -0.1) is 11.3 Å². The average Bonchev–Trinajstić information content (AvgIpc) is 2.80. The molecule has 92 valence electrons. The number of anilines is 1. The molecule has 1 aromatic carbocycles. The Labute approximate surface area is 109 Å². The van der Waals surface area contributed by atoms with Crippen molar-refractivity contribution in [1.82, 2.24) is 0 Å². The van der Waals surface area contributed by atoms with Crippen molar-refractivity contribution in [3.8, 4) is 5.75 Å². The van der Waals surface area contributed by atoms with Crippen LogP contribution in [0.1, 0.15) is 22.9 Å². The Balaban J connectivity index is 1.98. The zero-order valence-corrected chi connectivity index (χ0v) is 10.8. The van der Waals surface area contributed by atoms with Gasteiger partial charge in [-0.25, -0.2) is 0 Å². The van der Waals surface area contributed by atoms with Crippen LogP contribution in [-0.4, -0.2) is 5.97 Å². The summed E-state index contributed by atoms with van der Waals surface area (Å²) < 4.78 is 5.37.